The Morgan fingerprint density at radius 3 is 2.50 bits per heavy atom. The Bertz CT molecular complexity index is 1000. The summed E-state index contributed by atoms with van der Waals surface area (Å²) in [5, 5.41) is 11.2. The van der Waals surface area contributed by atoms with Gasteiger partial charge in [0.15, 0.2) is 0 Å². The summed E-state index contributed by atoms with van der Waals surface area (Å²) >= 11 is 0. The van der Waals surface area contributed by atoms with Crippen LogP contribution in [0.2, 0.25) is 0 Å². The van der Waals surface area contributed by atoms with Crippen LogP contribution in [0.15, 0.2) is 48.3 Å². The molecule has 1 aliphatic heterocycles. The monoisotopic (exact) mass is 438 g/mol. The minimum Gasteiger partial charge on any atom is -0.507 e. The molecule has 1 aliphatic rings. The molecule has 7 heteroatoms. The highest BCUT2D eigenvalue weighted by Crippen LogP contribution is 2.39. The molecule has 0 spiro atoms. The van der Waals surface area contributed by atoms with E-state index in [1.54, 1.807) is 42.7 Å². The van der Waals surface area contributed by atoms with Crippen molar-refractivity contribution >= 4 is 17.4 Å². The number of benzene rings is 1. The van der Waals surface area contributed by atoms with Gasteiger partial charge in [-0.3, -0.25) is 14.6 Å². The largest absolute Gasteiger partial charge is 0.507 e. The van der Waals surface area contributed by atoms with Crippen molar-refractivity contribution in [1.82, 2.24) is 9.88 Å². The van der Waals surface area contributed by atoms with Crippen molar-refractivity contribution in [2.45, 2.75) is 46.3 Å². The Balaban J connectivity index is 2.03. The average molecular weight is 439 g/mol. The van der Waals surface area contributed by atoms with E-state index in [0.29, 0.717) is 17.7 Å². The van der Waals surface area contributed by atoms with Crippen LogP contribution in [0.25, 0.3) is 5.76 Å². The molecular weight excluding hydrogens is 408 g/mol. The smallest absolute Gasteiger partial charge is 0.295 e. The topological polar surface area (TPSA) is 89.0 Å². The molecule has 1 amide bonds. The number of rotatable bonds is 9. The number of hydrogen-bond donors (Lipinski definition) is 1. The van der Waals surface area contributed by atoms with E-state index in [4.69, 9.17) is 9.47 Å². The first kappa shape index (κ1) is 23.5. The molecule has 1 aromatic heterocycles. The van der Waals surface area contributed by atoms with Crippen LogP contribution in [0.1, 0.15) is 49.9 Å². The van der Waals surface area contributed by atoms with Gasteiger partial charge in [0, 0.05) is 24.5 Å². The van der Waals surface area contributed by atoms with Gasteiger partial charge in [-0.1, -0.05) is 6.92 Å². The molecule has 1 N–H and O–H groups in total. The predicted octanol–water partition coefficient (Wildman–Crippen LogP) is 4.03. The van der Waals surface area contributed by atoms with Gasteiger partial charge in [-0.25, -0.2) is 0 Å². The van der Waals surface area contributed by atoms with Gasteiger partial charge in [0.2, 0.25) is 0 Å². The van der Waals surface area contributed by atoms with Crippen molar-refractivity contribution in [3.05, 3.63) is 65.0 Å². The second-order valence-corrected chi connectivity index (χ2v) is 8.02. The van der Waals surface area contributed by atoms with Crippen LogP contribution in [-0.4, -0.2) is 52.5 Å². The first-order chi connectivity index (χ1) is 15.3. The summed E-state index contributed by atoms with van der Waals surface area (Å²) in [5.41, 5.74) is 2.06. The maximum absolute atomic E-state index is 13.0. The minimum absolute atomic E-state index is 0.00242. The van der Waals surface area contributed by atoms with E-state index in [1.807, 2.05) is 27.7 Å². The molecule has 0 bridgehead atoms. The van der Waals surface area contributed by atoms with Gasteiger partial charge >= 0.3 is 0 Å². The number of aliphatic hydroxyl groups excluding tert-OH is 1. The van der Waals surface area contributed by atoms with E-state index in [9.17, 15) is 14.7 Å². The number of aryl methyl sites for hydroxylation is 1. The SMILES string of the molecule is CCCOc1ccc(/C(O)=C2/C(=O)C(=O)N(CCOC(C)C)C2c2ccncc2)cc1C. The maximum Gasteiger partial charge on any atom is 0.295 e. The van der Waals surface area contributed by atoms with Crippen molar-refractivity contribution in [2.75, 3.05) is 19.8 Å². The lowest BCUT2D eigenvalue weighted by atomic mass is 9.95. The molecule has 2 aromatic rings. The van der Waals surface area contributed by atoms with Gasteiger partial charge in [-0.15, -0.1) is 0 Å². The third-order valence-electron chi connectivity index (χ3n) is 5.26. The number of nitrogens with zero attached hydrogens (tertiary/aromatic N) is 2. The summed E-state index contributed by atoms with van der Waals surface area (Å²) in [6.45, 7) is 8.83. The molecule has 1 atom stereocenters. The molecule has 2 heterocycles. The molecule has 3 rings (SSSR count). The summed E-state index contributed by atoms with van der Waals surface area (Å²) in [6, 6.07) is 8.00. The van der Waals surface area contributed by atoms with Crippen LogP contribution in [0.3, 0.4) is 0 Å². The highest BCUT2D eigenvalue weighted by atomic mass is 16.5. The highest BCUT2D eigenvalue weighted by Gasteiger charge is 2.45. The van der Waals surface area contributed by atoms with Crippen LogP contribution in [0.4, 0.5) is 0 Å². The van der Waals surface area contributed by atoms with Crippen LogP contribution in [0, 0.1) is 6.92 Å². The molecule has 1 aromatic carbocycles. The molecular formula is C25H30N2O5. The van der Waals surface area contributed by atoms with E-state index in [1.165, 1.54) is 4.90 Å². The first-order valence-corrected chi connectivity index (χ1v) is 10.9. The molecule has 7 nitrogen and oxygen atoms in total. The standard InChI is InChI=1S/C25H30N2O5/c1-5-13-32-20-7-6-19(15-17(20)4)23(28)21-22(18-8-10-26-11-9-18)27(25(30)24(21)29)12-14-31-16(2)3/h6-11,15-16,22,28H,5,12-14H2,1-4H3/b23-21-. The average Bonchev–Trinajstić information content (AvgIpc) is 3.03. The number of hydrogen-bond acceptors (Lipinski definition) is 6. The molecule has 1 saturated heterocycles. The number of Topliss-reactive ketones (excluding diaryl/α,β-unsaturated/α-hetero) is 1. The van der Waals surface area contributed by atoms with Crippen molar-refractivity contribution < 1.29 is 24.2 Å². The van der Waals surface area contributed by atoms with Gasteiger partial charge in [0.1, 0.15) is 11.5 Å². The summed E-state index contributed by atoms with van der Waals surface area (Å²) < 4.78 is 11.3. The normalized spacial score (nSPS) is 17.9. The Kier molecular flexibility index (Phi) is 7.64. The zero-order valence-corrected chi connectivity index (χ0v) is 19.0. The van der Waals surface area contributed by atoms with E-state index in [2.05, 4.69) is 4.98 Å². The third-order valence-corrected chi connectivity index (χ3v) is 5.26. The zero-order valence-electron chi connectivity index (χ0n) is 19.0. The molecule has 0 aliphatic carbocycles. The summed E-state index contributed by atoms with van der Waals surface area (Å²) in [6.07, 6.45) is 4.09. The fraction of sp³-hybridized carbons (Fsp3) is 0.400. The fourth-order valence-electron chi connectivity index (χ4n) is 3.72. The summed E-state index contributed by atoms with van der Waals surface area (Å²) in [5.74, 6) is -0.846. The highest BCUT2D eigenvalue weighted by molar-refractivity contribution is 6.46. The Hall–Kier alpha value is -3.19. The fourth-order valence-corrected chi connectivity index (χ4v) is 3.72. The number of aromatic nitrogens is 1. The number of carbonyl (C=O) groups is 2. The van der Waals surface area contributed by atoms with Crippen molar-refractivity contribution in [3.8, 4) is 5.75 Å². The minimum atomic E-state index is -0.718. The number of pyridine rings is 1. The summed E-state index contributed by atoms with van der Waals surface area (Å²) in [4.78, 5) is 31.4. The van der Waals surface area contributed by atoms with Gasteiger partial charge < -0.3 is 19.5 Å². The van der Waals surface area contributed by atoms with Crippen molar-refractivity contribution in [1.29, 1.82) is 0 Å². The number of ether oxygens (including phenoxy) is 2. The molecule has 170 valence electrons. The lowest BCUT2D eigenvalue weighted by molar-refractivity contribution is -0.140. The molecule has 1 fully saturated rings. The molecule has 0 radical (unpaired) electrons. The Morgan fingerprint density at radius 1 is 1.16 bits per heavy atom. The number of aliphatic hydroxyl groups is 1. The predicted molar refractivity (Wildman–Crippen MR) is 121 cm³/mol. The zero-order chi connectivity index (χ0) is 23.3. The van der Waals surface area contributed by atoms with Crippen molar-refractivity contribution in [2.24, 2.45) is 0 Å². The lowest BCUT2D eigenvalue weighted by Crippen LogP contribution is -2.33. The number of carbonyl (C=O) groups excluding carboxylic acids is 2. The Labute approximate surface area is 188 Å². The second kappa shape index (κ2) is 10.4. The van der Waals surface area contributed by atoms with E-state index < -0.39 is 17.7 Å². The van der Waals surface area contributed by atoms with E-state index >= 15 is 0 Å². The van der Waals surface area contributed by atoms with E-state index in [0.717, 1.165) is 17.7 Å². The van der Waals surface area contributed by atoms with Crippen LogP contribution < -0.4 is 4.74 Å². The molecule has 0 saturated carbocycles. The van der Waals surface area contributed by atoms with Gasteiger partial charge in [-0.05, 0) is 68.7 Å². The maximum atomic E-state index is 13.0. The van der Waals surface area contributed by atoms with Crippen LogP contribution in [-0.2, 0) is 14.3 Å². The lowest BCUT2D eigenvalue weighted by Gasteiger charge is -2.25. The Morgan fingerprint density at radius 2 is 1.88 bits per heavy atom. The number of likely N-dealkylation sites (tertiary alicyclic amines) is 1. The van der Waals surface area contributed by atoms with E-state index in [-0.39, 0.29) is 30.6 Å². The van der Waals surface area contributed by atoms with Crippen molar-refractivity contribution in [3.63, 3.8) is 0 Å². The first-order valence-electron chi connectivity index (χ1n) is 10.9. The van der Waals surface area contributed by atoms with Gasteiger partial charge in [0.05, 0.1) is 30.9 Å². The van der Waals surface area contributed by atoms with Crippen LogP contribution >= 0.6 is 0 Å². The molecule has 32 heavy (non-hydrogen) atoms. The number of amides is 1. The summed E-state index contributed by atoms with van der Waals surface area (Å²) in [7, 11) is 0. The molecule has 1 unspecified atom stereocenters. The number of ketones is 1. The van der Waals surface area contributed by atoms with Crippen LogP contribution in [0.5, 0.6) is 5.75 Å². The second-order valence-electron chi connectivity index (χ2n) is 8.02. The van der Waals surface area contributed by atoms with Gasteiger partial charge in [-0.2, -0.15) is 0 Å². The van der Waals surface area contributed by atoms with Gasteiger partial charge in [0.25, 0.3) is 11.7 Å². The third kappa shape index (κ3) is 4.99. The quantitative estimate of drug-likeness (QED) is 0.361.